The number of hydrogen-bond donors (Lipinski definition) is 2. The van der Waals surface area contributed by atoms with Crippen molar-refractivity contribution in [2.75, 3.05) is 18.9 Å². The number of fused-ring (bicyclic) bond motifs is 1. The van der Waals surface area contributed by atoms with Crippen LogP contribution in [0.4, 0.5) is 5.69 Å². The van der Waals surface area contributed by atoms with Crippen LogP contribution in [0.15, 0.2) is 18.2 Å². The largest absolute Gasteiger partial charge is 0.326 e. The zero-order chi connectivity index (χ0) is 19.8. The molecule has 1 atom stereocenters. The summed E-state index contributed by atoms with van der Waals surface area (Å²) in [4.78, 5) is 52.4. The predicted octanol–water partition coefficient (Wildman–Crippen LogP) is 0.870. The van der Waals surface area contributed by atoms with Crippen LogP contribution in [0.25, 0.3) is 0 Å². The molecular weight excluding hydrogens is 360 g/mol. The number of rotatable bonds is 6. The van der Waals surface area contributed by atoms with Gasteiger partial charge in [-0.25, -0.2) is 0 Å². The lowest BCUT2D eigenvalue weighted by Crippen LogP contribution is -2.52. The second kappa shape index (κ2) is 7.35. The van der Waals surface area contributed by atoms with E-state index in [2.05, 4.69) is 15.5 Å². The Labute approximate surface area is 163 Å². The van der Waals surface area contributed by atoms with Crippen LogP contribution >= 0.6 is 0 Å². The van der Waals surface area contributed by atoms with Gasteiger partial charge in [0.25, 0.3) is 5.91 Å². The van der Waals surface area contributed by atoms with Gasteiger partial charge in [0.15, 0.2) is 0 Å². The summed E-state index contributed by atoms with van der Waals surface area (Å²) in [5.74, 6) is -1.08. The van der Waals surface area contributed by atoms with E-state index >= 15 is 0 Å². The SMILES string of the molecule is CN(CCC(=O)Nc1cccc2c1CN(C1CCC(=O)NC1=O)C2=O)C1CC1. The van der Waals surface area contributed by atoms with Gasteiger partial charge in [-0.2, -0.15) is 0 Å². The molecule has 4 amide bonds. The minimum absolute atomic E-state index is 0.0900. The highest BCUT2D eigenvalue weighted by Gasteiger charge is 2.40. The topological polar surface area (TPSA) is 98.8 Å². The Kier molecular flexibility index (Phi) is 4.89. The molecule has 8 heteroatoms. The Bertz CT molecular complexity index is 849. The predicted molar refractivity (Wildman–Crippen MR) is 101 cm³/mol. The molecule has 1 unspecified atom stereocenters. The first kappa shape index (κ1) is 18.6. The zero-order valence-electron chi connectivity index (χ0n) is 15.9. The van der Waals surface area contributed by atoms with Crippen molar-refractivity contribution in [2.24, 2.45) is 0 Å². The number of nitrogens with zero attached hydrogens (tertiary/aromatic N) is 2. The van der Waals surface area contributed by atoms with Crippen molar-refractivity contribution in [3.8, 4) is 0 Å². The van der Waals surface area contributed by atoms with Gasteiger partial charge < -0.3 is 15.1 Å². The lowest BCUT2D eigenvalue weighted by Gasteiger charge is -2.29. The van der Waals surface area contributed by atoms with Gasteiger partial charge in [0.2, 0.25) is 17.7 Å². The summed E-state index contributed by atoms with van der Waals surface area (Å²) in [6.07, 6.45) is 3.32. The molecule has 1 aromatic carbocycles. The van der Waals surface area contributed by atoms with E-state index in [1.165, 1.54) is 17.7 Å². The van der Waals surface area contributed by atoms with E-state index in [1.54, 1.807) is 18.2 Å². The molecule has 28 heavy (non-hydrogen) atoms. The highest BCUT2D eigenvalue weighted by molar-refractivity contribution is 6.06. The molecule has 1 saturated heterocycles. The van der Waals surface area contributed by atoms with Gasteiger partial charge in [-0.15, -0.1) is 0 Å². The first-order chi connectivity index (χ1) is 13.4. The summed E-state index contributed by atoms with van der Waals surface area (Å²) >= 11 is 0. The third-order valence-corrected chi connectivity index (χ3v) is 5.72. The molecule has 2 heterocycles. The minimum atomic E-state index is -0.659. The Morgan fingerprint density at radius 1 is 1.25 bits per heavy atom. The van der Waals surface area contributed by atoms with Gasteiger partial charge in [-0.3, -0.25) is 24.5 Å². The Hall–Kier alpha value is -2.74. The molecule has 0 spiro atoms. The number of benzene rings is 1. The zero-order valence-corrected chi connectivity index (χ0v) is 15.9. The van der Waals surface area contributed by atoms with Gasteiger partial charge in [0, 0.05) is 48.8 Å². The average molecular weight is 384 g/mol. The second-order valence-corrected chi connectivity index (χ2v) is 7.74. The lowest BCUT2D eigenvalue weighted by molar-refractivity contribution is -0.137. The number of anilines is 1. The fourth-order valence-corrected chi connectivity index (χ4v) is 3.89. The van der Waals surface area contributed by atoms with Gasteiger partial charge >= 0.3 is 0 Å². The van der Waals surface area contributed by atoms with E-state index in [0.717, 1.165) is 5.56 Å². The van der Waals surface area contributed by atoms with E-state index in [1.807, 2.05) is 7.05 Å². The maximum Gasteiger partial charge on any atom is 0.255 e. The van der Waals surface area contributed by atoms with Crippen LogP contribution in [-0.4, -0.2) is 59.1 Å². The van der Waals surface area contributed by atoms with E-state index < -0.39 is 11.9 Å². The second-order valence-electron chi connectivity index (χ2n) is 7.74. The number of hydrogen-bond acceptors (Lipinski definition) is 5. The van der Waals surface area contributed by atoms with Crippen molar-refractivity contribution in [3.63, 3.8) is 0 Å². The number of amides is 4. The summed E-state index contributed by atoms with van der Waals surface area (Å²) in [5.41, 5.74) is 1.83. The highest BCUT2D eigenvalue weighted by Crippen LogP contribution is 2.32. The molecule has 2 aliphatic heterocycles. The molecule has 1 aliphatic carbocycles. The van der Waals surface area contributed by atoms with Crippen LogP contribution in [0.5, 0.6) is 0 Å². The Morgan fingerprint density at radius 2 is 2.04 bits per heavy atom. The summed E-state index contributed by atoms with van der Waals surface area (Å²) < 4.78 is 0. The van der Waals surface area contributed by atoms with Crippen LogP contribution in [0.3, 0.4) is 0 Å². The number of carbonyl (C=O) groups is 4. The molecular formula is C20H24N4O4. The van der Waals surface area contributed by atoms with Gasteiger partial charge in [-0.05, 0) is 38.4 Å². The fourth-order valence-electron chi connectivity index (χ4n) is 3.89. The van der Waals surface area contributed by atoms with Crippen molar-refractivity contribution in [1.82, 2.24) is 15.1 Å². The lowest BCUT2D eigenvalue weighted by atomic mass is 10.0. The molecule has 3 aliphatic rings. The van der Waals surface area contributed by atoms with Crippen LogP contribution < -0.4 is 10.6 Å². The van der Waals surface area contributed by atoms with Crippen molar-refractivity contribution in [3.05, 3.63) is 29.3 Å². The maximum atomic E-state index is 12.8. The van der Waals surface area contributed by atoms with E-state index in [-0.39, 0.29) is 30.7 Å². The van der Waals surface area contributed by atoms with E-state index in [0.29, 0.717) is 36.7 Å². The Morgan fingerprint density at radius 3 is 2.75 bits per heavy atom. The number of piperidine rings is 1. The van der Waals surface area contributed by atoms with E-state index in [4.69, 9.17) is 0 Å². The molecule has 2 N–H and O–H groups in total. The van der Waals surface area contributed by atoms with Crippen molar-refractivity contribution in [1.29, 1.82) is 0 Å². The summed E-state index contributed by atoms with van der Waals surface area (Å²) in [5, 5.41) is 5.22. The van der Waals surface area contributed by atoms with Crippen molar-refractivity contribution >= 4 is 29.3 Å². The highest BCUT2D eigenvalue weighted by atomic mass is 16.2. The minimum Gasteiger partial charge on any atom is -0.326 e. The molecule has 8 nitrogen and oxygen atoms in total. The maximum absolute atomic E-state index is 12.8. The smallest absolute Gasteiger partial charge is 0.255 e. The van der Waals surface area contributed by atoms with Crippen molar-refractivity contribution < 1.29 is 19.2 Å². The summed E-state index contributed by atoms with van der Waals surface area (Å²) in [7, 11) is 2.03. The quantitative estimate of drug-likeness (QED) is 0.709. The molecule has 148 valence electrons. The third-order valence-electron chi connectivity index (χ3n) is 5.72. The van der Waals surface area contributed by atoms with Crippen LogP contribution in [0.2, 0.25) is 0 Å². The fraction of sp³-hybridized carbons (Fsp3) is 0.500. The number of nitrogens with one attached hydrogen (secondary N) is 2. The monoisotopic (exact) mass is 384 g/mol. The first-order valence-electron chi connectivity index (χ1n) is 9.70. The summed E-state index contributed by atoms with van der Waals surface area (Å²) in [6, 6.07) is 5.17. The average Bonchev–Trinajstić information content (AvgIpc) is 3.45. The number of imide groups is 1. The molecule has 0 radical (unpaired) electrons. The molecule has 4 rings (SSSR count). The van der Waals surface area contributed by atoms with Crippen LogP contribution in [-0.2, 0) is 20.9 Å². The van der Waals surface area contributed by atoms with Gasteiger partial charge in [0.05, 0.1) is 0 Å². The first-order valence-corrected chi connectivity index (χ1v) is 9.70. The van der Waals surface area contributed by atoms with Crippen molar-refractivity contribution in [2.45, 2.75) is 50.7 Å². The molecule has 0 aromatic heterocycles. The number of carbonyl (C=O) groups excluding carboxylic acids is 4. The Balaban J connectivity index is 1.44. The molecule has 0 bridgehead atoms. The van der Waals surface area contributed by atoms with E-state index in [9.17, 15) is 19.2 Å². The van der Waals surface area contributed by atoms with Crippen LogP contribution in [0, 0.1) is 0 Å². The van der Waals surface area contributed by atoms with Crippen LogP contribution in [0.1, 0.15) is 48.0 Å². The molecule has 2 fully saturated rings. The molecule has 1 saturated carbocycles. The summed E-state index contributed by atoms with van der Waals surface area (Å²) in [6.45, 7) is 0.950. The molecule has 1 aromatic rings. The normalized spacial score (nSPS) is 21.7. The standard InChI is InChI=1S/C20H24N4O4/c1-23(12-5-6-12)10-9-18(26)21-15-4-2-3-13-14(15)11-24(20(13)28)16-7-8-17(25)22-19(16)27/h2-4,12,16H,5-11H2,1H3,(H,21,26)(H,22,25,27). The van der Waals surface area contributed by atoms with Gasteiger partial charge in [-0.1, -0.05) is 6.07 Å². The third kappa shape index (κ3) is 3.64. The van der Waals surface area contributed by atoms with Gasteiger partial charge in [0.1, 0.15) is 6.04 Å².